The Morgan fingerprint density at radius 3 is 2.36 bits per heavy atom. The van der Waals surface area contributed by atoms with Gasteiger partial charge in [-0.2, -0.15) is 0 Å². The largest absolute Gasteiger partial charge is 0.493 e. The molecule has 4 aromatic carbocycles. The number of carbonyl (C=O) groups excluding carboxylic acids is 4. The molecule has 0 saturated carbocycles. The number of pyridine rings is 1. The van der Waals surface area contributed by atoms with Crippen molar-refractivity contribution in [1.29, 1.82) is 5.41 Å². The molecule has 13 nitrogen and oxygen atoms in total. The molecule has 0 radical (unpaired) electrons. The molecule has 3 aliphatic rings. The van der Waals surface area contributed by atoms with E-state index in [4.69, 9.17) is 14.9 Å². The molecule has 0 bridgehead atoms. The normalized spacial score (nSPS) is 16.9. The molecule has 1 aromatic heterocycles. The van der Waals surface area contributed by atoms with Gasteiger partial charge in [-0.25, -0.2) is 0 Å². The summed E-state index contributed by atoms with van der Waals surface area (Å²) in [6.07, 6.45) is 7.32. The number of rotatable bonds is 13. The molecule has 8 rings (SSSR count). The number of benzene rings is 4. The molecule has 13 heteroatoms. The summed E-state index contributed by atoms with van der Waals surface area (Å²) in [4.78, 5) is 56.2. The molecular weight excluding hydrogens is 737 g/mol. The van der Waals surface area contributed by atoms with Crippen molar-refractivity contribution in [1.82, 2.24) is 15.2 Å². The summed E-state index contributed by atoms with van der Waals surface area (Å²) in [7, 11) is 0. The summed E-state index contributed by atoms with van der Waals surface area (Å²) in [5.74, 6) is -0.931. The number of aromatic nitrogens is 1. The van der Waals surface area contributed by atoms with Crippen molar-refractivity contribution >= 4 is 46.3 Å². The second-order valence-electron chi connectivity index (χ2n) is 14.0. The van der Waals surface area contributed by atoms with Crippen LogP contribution >= 0.6 is 0 Å². The molecule has 3 heterocycles. The van der Waals surface area contributed by atoms with Crippen molar-refractivity contribution in [3.05, 3.63) is 149 Å². The van der Waals surface area contributed by atoms with Gasteiger partial charge in [0.25, 0.3) is 11.8 Å². The summed E-state index contributed by atoms with van der Waals surface area (Å²) in [6.45, 7) is 0.768. The van der Waals surface area contributed by atoms with Crippen LogP contribution in [-0.2, 0) is 16.0 Å². The monoisotopic (exact) mass is 774 g/mol. The molecule has 290 valence electrons. The Kier molecular flexibility index (Phi) is 10.6. The number of amides is 4. The summed E-state index contributed by atoms with van der Waals surface area (Å²) in [6, 6.07) is 28.3. The van der Waals surface area contributed by atoms with Gasteiger partial charge in [-0.1, -0.05) is 47.6 Å². The van der Waals surface area contributed by atoms with Gasteiger partial charge >= 0.3 is 0 Å². The zero-order valence-corrected chi connectivity index (χ0v) is 31.2. The number of ether oxygens (including phenoxy) is 2. The van der Waals surface area contributed by atoms with Gasteiger partial charge in [-0.3, -0.25) is 39.8 Å². The lowest BCUT2D eigenvalue weighted by Gasteiger charge is -2.27. The fraction of sp³-hybridized carbons (Fsp3) is 0.178. The van der Waals surface area contributed by atoms with Gasteiger partial charge in [0.2, 0.25) is 11.8 Å². The van der Waals surface area contributed by atoms with E-state index in [2.05, 4.69) is 20.8 Å². The van der Waals surface area contributed by atoms with E-state index in [1.165, 1.54) is 0 Å². The first-order valence-electron chi connectivity index (χ1n) is 18.9. The molecule has 1 aliphatic carbocycles. The lowest BCUT2D eigenvalue weighted by atomic mass is 9.94. The van der Waals surface area contributed by atoms with Crippen LogP contribution in [0.1, 0.15) is 68.7 Å². The van der Waals surface area contributed by atoms with Crippen molar-refractivity contribution in [2.75, 3.05) is 18.5 Å². The standard InChI is InChI=1S/C45H38N6O7/c46-42(27-18-20-47-21-19-27)37(30-8-14-34-29(24-30)9-15-38(34)50-56)26-48-31-10-12-32(13-11-31)57-22-3-23-58-33-5-1-4-28(25-33)35-6-2-7-36-41(35)45(55)51(44(36)54)39-16-17-40(52)49-43(39)53/h1-2,4-8,10-14,18-21,24-26,39,46,48,56H,3,9,15-17,22-23H2,(H,49,52,53)/b37-26-,46-42?,50-38+. The highest BCUT2D eigenvalue weighted by Crippen LogP contribution is 2.36. The molecule has 5 aromatic rings. The van der Waals surface area contributed by atoms with Crippen LogP contribution in [0.25, 0.3) is 16.7 Å². The molecular formula is C45H38N6O7. The molecule has 2 aliphatic heterocycles. The predicted molar refractivity (Wildman–Crippen MR) is 216 cm³/mol. The summed E-state index contributed by atoms with van der Waals surface area (Å²) in [5, 5.41) is 27.4. The number of nitrogens with zero attached hydrogens (tertiary/aromatic N) is 3. The Morgan fingerprint density at radius 1 is 0.828 bits per heavy atom. The van der Waals surface area contributed by atoms with Gasteiger partial charge in [0.15, 0.2) is 0 Å². The van der Waals surface area contributed by atoms with Gasteiger partial charge in [0, 0.05) is 53.8 Å². The summed E-state index contributed by atoms with van der Waals surface area (Å²) in [5.41, 5.74) is 7.79. The summed E-state index contributed by atoms with van der Waals surface area (Å²) >= 11 is 0. The third-order valence-electron chi connectivity index (χ3n) is 10.4. The average molecular weight is 775 g/mol. The van der Waals surface area contributed by atoms with Gasteiger partial charge in [0.05, 0.1) is 35.8 Å². The van der Waals surface area contributed by atoms with Crippen LogP contribution in [0.3, 0.4) is 0 Å². The second kappa shape index (κ2) is 16.4. The van der Waals surface area contributed by atoms with E-state index in [0.717, 1.165) is 39.3 Å². The van der Waals surface area contributed by atoms with Gasteiger partial charge < -0.3 is 20.0 Å². The maximum absolute atomic E-state index is 13.6. The van der Waals surface area contributed by atoms with Crippen LogP contribution < -0.4 is 20.1 Å². The Bertz CT molecular complexity index is 2520. The number of anilines is 1. The Labute approximate surface area is 333 Å². The smallest absolute Gasteiger partial charge is 0.262 e. The van der Waals surface area contributed by atoms with E-state index in [0.29, 0.717) is 65.7 Å². The zero-order chi connectivity index (χ0) is 40.2. The number of aryl methyl sites for hydroxylation is 1. The molecule has 58 heavy (non-hydrogen) atoms. The van der Waals surface area contributed by atoms with E-state index >= 15 is 0 Å². The third kappa shape index (κ3) is 7.57. The Hall–Kier alpha value is -7.41. The second-order valence-corrected chi connectivity index (χ2v) is 14.0. The van der Waals surface area contributed by atoms with Crippen LogP contribution in [0.5, 0.6) is 11.5 Å². The predicted octanol–water partition coefficient (Wildman–Crippen LogP) is 6.64. The quantitative estimate of drug-likeness (QED) is 0.0335. The van der Waals surface area contributed by atoms with E-state index in [9.17, 15) is 24.4 Å². The molecule has 1 unspecified atom stereocenters. The van der Waals surface area contributed by atoms with Crippen LogP contribution in [-0.4, -0.2) is 69.4 Å². The van der Waals surface area contributed by atoms with Crippen molar-refractivity contribution in [2.24, 2.45) is 5.16 Å². The number of nitrogens with one attached hydrogen (secondary N) is 3. The van der Waals surface area contributed by atoms with E-state index < -0.39 is 29.7 Å². The third-order valence-corrected chi connectivity index (χ3v) is 10.4. The van der Waals surface area contributed by atoms with E-state index in [1.54, 1.807) is 48.8 Å². The number of hydrogen-bond acceptors (Lipinski definition) is 11. The number of piperidine rings is 1. The number of oxime groups is 1. The molecule has 4 N–H and O–H groups in total. The Balaban J connectivity index is 0.870. The minimum absolute atomic E-state index is 0.0501. The van der Waals surface area contributed by atoms with Crippen LogP contribution in [0, 0.1) is 5.41 Å². The van der Waals surface area contributed by atoms with Gasteiger partial charge in [-0.15, -0.1) is 0 Å². The van der Waals surface area contributed by atoms with Crippen LogP contribution in [0.2, 0.25) is 0 Å². The van der Waals surface area contributed by atoms with Crippen molar-refractivity contribution in [3.63, 3.8) is 0 Å². The lowest BCUT2D eigenvalue weighted by Crippen LogP contribution is -2.54. The lowest BCUT2D eigenvalue weighted by molar-refractivity contribution is -0.136. The highest BCUT2D eigenvalue weighted by Gasteiger charge is 2.45. The highest BCUT2D eigenvalue weighted by atomic mass is 16.5. The SMILES string of the molecule is N=C(/C(=C\Nc1ccc(OCCCOc2cccc(-c3cccc4c3C(=O)N(C3CCC(=O)NC3=O)C4=O)c2)cc1)c1ccc2c(c1)CC/C2=N\O)c1ccncc1. The minimum atomic E-state index is -1.04. The highest BCUT2D eigenvalue weighted by molar-refractivity contribution is 6.30. The van der Waals surface area contributed by atoms with Gasteiger partial charge in [0.1, 0.15) is 17.5 Å². The maximum Gasteiger partial charge on any atom is 0.262 e. The summed E-state index contributed by atoms with van der Waals surface area (Å²) < 4.78 is 12.0. The Morgan fingerprint density at radius 2 is 1.59 bits per heavy atom. The first-order chi connectivity index (χ1) is 28.3. The minimum Gasteiger partial charge on any atom is -0.493 e. The fourth-order valence-electron chi connectivity index (χ4n) is 7.47. The van der Waals surface area contributed by atoms with Crippen LogP contribution in [0.15, 0.2) is 121 Å². The van der Waals surface area contributed by atoms with Crippen molar-refractivity contribution in [3.8, 4) is 22.6 Å². The topological polar surface area (TPSA) is 183 Å². The first kappa shape index (κ1) is 37.5. The molecule has 1 saturated heterocycles. The molecule has 4 amide bonds. The first-order valence-corrected chi connectivity index (χ1v) is 18.9. The van der Waals surface area contributed by atoms with Crippen LogP contribution in [0.4, 0.5) is 5.69 Å². The molecule has 1 atom stereocenters. The number of imide groups is 2. The average Bonchev–Trinajstić information content (AvgIpc) is 3.78. The fourth-order valence-corrected chi connectivity index (χ4v) is 7.47. The number of hydrogen-bond donors (Lipinski definition) is 4. The van der Waals surface area contributed by atoms with Crippen molar-refractivity contribution < 1.29 is 33.9 Å². The van der Waals surface area contributed by atoms with E-state index in [1.807, 2.05) is 66.9 Å². The maximum atomic E-state index is 13.6. The molecule has 1 fully saturated rings. The van der Waals surface area contributed by atoms with Crippen molar-refractivity contribution in [2.45, 2.75) is 38.1 Å². The number of fused-ring (bicyclic) bond motifs is 2. The number of allylic oxidation sites excluding steroid dienone is 1. The number of carbonyl (C=O) groups is 4. The van der Waals surface area contributed by atoms with E-state index in [-0.39, 0.29) is 24.0 Å². The van der Waals surface area contributed by atoms with Gasteiger partial charge in [-0.05, 0) is 96.1 Å². The zero-order valence-electron chi connectivity index (χ0n) is 31.2. The molecule has 0 spiro atoms.